The molecule has 2 heterocycles. The minimum Gasteiger partial charge on any atom is -0.381 e. The number of carbonyl (C=O) groups excluding carboxylic acids is 1. The summed E-state index contributed by atoms with van der Waals surface area (Å²) in [6.07, 6.45) is 1.20. The van der Waals surface area contributed by atoms with Gasteiger partial charge in [0.25, 0.3) is 0 Å². The summed E-state index contributed by atoms with van der Waals surface area (Å²) in [5, 5.41) is 6.81. The van der Waals surface area contributed by atoms with E-state index in [9.17, 15) is 4.79 Å². The Balaban J connectivity index is 1.35. The molecule has 1 N–H and O–H groups in total. The average molecular weight is 354 g/mol. The molecule has 1 fully saturated rings. The number of aromatic nitrogens is 1. The molecule has 1 aromatic heterocycles. The van der Waals surface area contributed by atoms with Gasteiger partial charge < -0.3 is 19.3 Å². The molecule has 1 amide bonds. The molecule has 26 heavy (non-hydrogen) atoms. The van der Waals surface area contributed by atoms with Crippen LogP contribution in [-0.4, -0.2) is 37.4 Å². The summed E-state index contributed by atoms with van der Waals surface area (Å²) < 4.78 is 15.9. The lowest BCUT2D eigenvalue weighted by Gasteiger charge is -2.08. The van der Waals surface area contributed by atoms with Crippen LogP contribution < -0.4 is 5.32 Å². The molecule has 0 bridgehead atoms. The lowest BCUT2D eigenvalue weighted by Crippen LogP contribution is -2.30. The molecule has 0 spiro atoms. The monoisotopic (exact) mass is 354 g/mol. The fourth-order valence-electron chi connectivity index (χ4n) is 2.60. The molecule has 6 nitrogen and oxygen atoms in total. The van der Waals surface area contributed by atoms with Crippen molar-refractivity contribution < 1.29 is 18.8 Å². The van der Waals surface area contributed by atoms with Crippen LogP contribution in [0, 0.1) is 17.8 Å². The Labute approximate surface area is 152 Å². The largest absolute Gasteiger partial charge is 0.381 e. The van der Waals surface area contributed by atoms with Gasteiger partial charge in [-0.15, -0.1) is 0 Å². The molecule has 1 aliphatic heterocycles. The van der Waals surface area contributed by atoms with Gasteiger partial charge in [0.15, 0.2) is 5.76 Å². The number of nitrogens with zero attached hydrogens (tertiary/aromatic N) is 1. The van der Waals surface area contributed by atoms with Crippen LogP contribution in [-0.2, 0) is 27.3 Å². The first-order chi connectivity index (χ1) is 12.8. The molecular formula is C20H22N2O4. The Morgan fingerprint density at radius 2 is 2.23 bits per heavy atom. The predicted octanol–water partition coefficient (Wildman–Crippen LogP) is 1.94. The van der Waals surface area contributed by atoms with E-state index >= 15 is 0 Å². The second-order valence-electron chi connectivity index (χ2n) is 6.16. The van der Waals surface area contributed by atoms with Gasteiger partial charge in [-0.2, -0.15) is 0 Å². The molecular weight excluding hydrogens is 332 g/mol. The molecule has 1 unspecified atom stereocenters. The number of ether oxygens (including phenoxy) is 2. The fourth-order valence-corrected chi connectivity index (χ4v) is 2.60. The zero-order valence-corrected chi connectivity index (χ0v) is 14.6. The molecule has 1 aromatic carbocycles. The van der Waals surface area contributed by atoms with Crippen molar-refractivity contribution in [1.82, 2.24) is 10.5 Å². The van der Waals surface area contributed by atoms with Crippen LogP contribution in [0.4, 0.5) is 0 Å². The molecule has 1 aliphatic rings. The second kappa shape index (κ2) is 9.76. The summed E-state index contributed by atoms with van der Waals surface area (Å²) in [6, 6.07) is 11.5. The Hall–Kier alpha value is -2.62. The Bertz CT molecular complexity index is 755. The molecule has 0 aliphatic carbocycles. The highest BCUT2D eigenvalue weighted by atomic mass is 16.5. The number of carbonyl (C=O) groups is 1. The summed E-state index contributed by atoms with van der Waals surface area (Å²) in [4.78, 5) is 11.9. The zero-order chi connectivity index (χ0) is 18.0. The molecule has 3 rings (SSSR count). The Morgan fingerprint density at radius 1 is 1.35 bits per heavy atom. The smallest absolute Gasteiger partial charge is 0.226 e. The second-order valence-corrected chi connectivity index (χ2v) is 6.16. The minimum atomic E-state index is -0.0635. The Kier molecular flexibility index (Phi) is 6.82. The van der Waals surface area contributed by atoms with E-state index in [4.69, 9.17) is 14.0 Å². The van der Waals surface area contributed by atoms with Crippen LogP contribution in [0.3, 0.4) is 0 Å². The van der Waals surface area contributed by atoms with E-state index in [2.05, 4.69) is 22.3 Å². The predicted molar refractivity (Wildman–Crippen MR) is 95.1 cm³/mol. The molecule has 1 atom stereocenters. The van der Waals surface area contributed by atoms with E-state index in [0.717, 1.165) is 25.2 Å². The standard InChI is InChI=1S/C20H22N2O4/c23-20(21-13-17-8-10-25-14-17)12-18-11-19(26-22-18)15-24-9-4-7-16-5-2-1-3-6-16/h1-3,5-6,11,17H,8-10,12-15H2,(H,21,23). The Morgan fingerprint density at radius 3 is 3.04 bits per heavy atom. The van der Waals surface area contributed by atoms with Crippen molar-refractivity contribution in [3.05, 3.63) is 53.4 Å². The number of rotatable bonds is 7. The maximum Gasteiger partial charge on any atom is 0.226 e. The van der Waals surface area contributed by atoms with E-state index < -0.39 is 0 Å². The number of nitrogens with one attached hydrogen (secondary N) is 1. The summed E-state index contributed by atoms with van der Waals surface area (Å²) in [5.74, 6) is 6.89. The molecule has 1 saturated heterocycles. The zero-order valence-electron chi connectivity index (χ0n) is 14.6. The first-order valence-electron chi connectivity index (χ1n) is 8.70. The van der Waals surface area contributed by atoms with Crippen LogP contribution >= 0.6 is 0 Å². The topological polar surface area (TPSA) is 73.6 Å². The van der Waals surface area contributed by atoms with E-state index in [1.165, 1.54) is 0 Å². The van der Waals surface area contributed by atoms with E-state index in [0.29, 0.717) is 30.5 Å². The average Bonchev–Trinajstić information content (AvgIpc) is 3.33. The maximum atomic E-state index is 11.9. The van der Waals surface area contributed by atoms with Crippen LogP contribution in [0.5, 0.6) is 0 Å². The number of hydrogen-bond donors (Lipinski definition) is 1. The van der Waals surface area contributed by atoms with Crippen molar-refractivity contribution in [3.63, 3.8) is 0 Å². The maximum absolute atomic E-state index is 11.9. The molecule has 0 saturated carbocycles. The van der Waals surface area contributed by atoms with Crippen molar-refractivity contribution in [2.45, 2.75) is 19.4 Å². The third kappa shape index (κ3) is 6.03. The van der Waals surface area contributed by atoms with Crippen molar-refractivity contribution in [1.29, 1.82) is 0 Å². The third-order valence-corrected chi connectivity index (χ3v) is 3.99. The highest BCUT2D eigenvalue weighted by Crippen LogP contribution is 2.11. The van der Waals surface area contributed by atoms with E-state index in [1.54, 1.807) is 6.07 Å². The lowest BCUT2D eigenvalue weighted by molar-refractivity contribution is -0.120. The summed E-state index contributed by atoms with van der Waals surface area (Å²) in [5.41, 5.74) is 1.55. The van der Waals surface area contributed by atoms with Gasteiger partial charge in [-0.05, 0) is 18.6 Å². The quantitative estimate of drug-likeness (QED) is 0.608. The van der Waals surface area contributed by atoms with Gasteiger partial charge in [0, 0.05) is 30.7 Å². The van der Waals surface area contributed by atoms with Crippen LogP contribution in [0.15, 0.2) is 40.9 Å². The molecule has 0 radical (unpaired) electrons. The van der Waals surface area contributed by atoms with Gasteiger partial charge in [0.05, 0.1) is 18.7 Å². The van der Waals surface area contributed by atoms with Crippen molar-refractivity contribution in [3.8, 4) is 11.8 Å². The minimum absolute atomic E-state index is 0.0635. The fraction of sp³-hybridized carbons (Fsp3) is 0.400. The molecule has 6 heteroatoms. The molecule has 2 aromatic rings. The van der Waals surface area contributed by atoms with Gasteiger partial charge in [0.1, 0.15) is 13.2 Å². The van der Waals surface area contributed by atoms with Crippen LogP contribution in [0.2, 0.25) is 0 Å². The number of hydrogen-bond acceptors (Lipinski definition) is 5. The van der Waals surface area contributed by atoms with Gasteiger partial charge >= 0.3 is 0 Å². The van der Waals surface area contributed by atoms with Gasteiger partial charge in [0.2, 0.25) is 5.91 Å². The number of benzene rings is 1. The number of amides is 1. The van der Waals surface area contributed by atoms with Crippen LogP contribution in [0.1, 0.15) is 23.4 Å². The van der Waals surface area contributed by atoms with Gasteiger partial charge in [-0.3, -0.25) is 4.79 Å². The van der Waals surface area contributed by atoms with Gasteiger partial charge in [-0.25, -0.2) is 0 Å². The third-order valence-electron chi connectivity index (χ3n) is 3.99. The van der Waals surface area contributed by atoms with Crippen LogP contribution in [0.25, 0.3) is 0 Å². The summed E-state index contributed by atoms with van der Waals surface area (Å²) >= 11 is 0. The van der Waals surface area contributed by atoms with Crippen molar-refractivity contribution in [2.75, 3.05) is 26.4 Å². The van der Waals surface area contributed by atoms with Gasteiger partial charge in [-0.1, -0.05) is 35.2 Å². The highest BCUT2D eigenvalue weighted by Gasteiger charge is 2.17. The van der Waals surface area contributed by atoms with E-state index in [1.807, 2.05) is 30.3 Å². The molecule has 136 valence electrons. The van der Waals surface area contributed by atoms with E-state index in [-0.39, 0.29) is 18.9 Å². The summed E-state index contributed by atoms with van der Waals surface area (Å²) in [7, 11) is 0. The van der Waals surface area contributed by atoms with Crippen molar-refractivity contribution >= 4 is 5.91 Å². The highest BCUT2D eigenvalue weighted by molar-refractivity contribution is 5.78. The SMILES string of the molecule is O=C(Cc1cc(COCC#Cc2ccccc2)on1)NCC1CCOC1. The summed E-state index contributed by atoms with van der Waals surface area (Å²) in [6.45, 7) is 2.72. The normalized spacial score (nSPS) is 16.1. The lowest BCUT2D eigenvalue weighted by atomic mass is 10.1. The van der Waals surface area contributed by atoms with Crippen molar-refractivity contribution in [2.24, 2.45) is 5.92 Å². The first-order valence-corrected chi connectivity index (χ1v) is 8.70. The first kappa shape index (κ1) is 18.2.